The zero-order valence-corrected chi connectivity index (χ0v) is 19.8. The highest BCUT2D eigenvalue weighted by molar-refractivity contribution is 7.91. The quantitative estimate of drug-likeness (QED) is 0.388. The average molecular weight is 479 g/mol. The van der Waals surface area contributed by atoms with Crippen LogP contribution in [-0.4, -0.2) is 43.2 Å². The highest BCUT2D eigenvalue weighted by Gasteiger charge is 2.34. The smallest absolute Gasteiger partial charge is 0.426 e. The van der Waals surface area contributed by atoms with Gasteiger partial charge in [-0.15, -0.1) is 0 Å². The van der Waals surface area contributed by atoms with Gasteiger partial charge >= 0.3 is 7.12 Å². The van der Waals surface area contributed by atoms with Crippen LogP contribution in [-0.2, 0) is 21.1 Å². The normalized spacial score (nSPS) is 15.9. The molecule has 0 unspecified atom stereocenters. The molecule has 4 rings (SSSR count). The third-order valence-electron chi connectivity index (χ3n) is 6.70. The first kappa shape index (κ1) is 24.4. The van der Waals surface area contributed by atoms with Crippen molar-refractivity contribution in [3.63, 3.8) is 0 Å². The Morgan fingerprint density at radius 3 is 2.29 bits per heavy atom. The minimum absolute atomic E-state index is 0.172. The third-order valence-corrected chi connectivity index (χ3v) is 8.51. The maximum atomic E-state index is 13.4. The minimum Gasteiger partial charge on any atom is -0.426 e. The summed E-state index contributed by atoms with van der Waals surface area (Å²) in [4.78, 5) is 13.4. The van der Waals surface area contributed by atoms with Gasteiger partial charge in [-0.25, -0.2) is 8.42 Å². The highest BCUT2D eigenvalue weighted by Crippen LogP contribution is 2.31. The van der Waals surface area contributed by atoms with Crippen molar-refractivity contribution in [3.8, 4) is 0 Å². The summed E-state index contributed by atoms with van der Waals surface area (Å²) in [5, 5.41) is 24.2. The van der Waals surface area contributed by atoms with Crippen LogP contribution < -0.4 is 5.32 Å². The fourth-order valence-electron chi connectivity index (χ4n) is 4.49. The number of sulfone groups is 1. The summed E-state index contributed by atoms with van der Waals surface area (Å²) in [5.41, 5.74) is 0.844. The fourth-order valence-corrected chi connectivity index (χ4v) is 6.06. The third kappa shape index (κ3) is 6.06. The first-order valence-electron chi connectivity index (χ1n) is 11.7. The molecule has 3 N–H and O–H groups in total. The maximum Gasteiger partial charge on any atom is 0.475 e. The summed E-state index contributed by atoms with van der Waals surface area (Å²) in [7, 11) is -5.47. The van der Waals surface area contributed by atoms with E-state index in [2.05, 4.69) is 5.32 Å². The predicted octanol–water partition coefficient (Wildman–Crippen LogP) is 3.16. The molecule has 0 aliphatic heterocycles. The van der Waals surface area contributed by atoms with Gasteiger partial charge in [0.15, 0.2) is 9.84 Å². The van der Waals surface area contributed by atoms with Crippen LogP contribution >= 0.6 is 0 Å². The van der Waals surface area contributed by atoms with Gasteiger partial charge in [-0.05, 0) is 47.2 Å². The van der Waals surface area contributed by atoms with Gasteiger partial charge in [0, 0.05) is 0 Å². The van der Waals surface area contributed by atoms with Gasteiger partial charge in [0.1, 0.15) is 0 Å². The van der Waals surface area contributed by atoms with Gasteiger partial charge in [0.2, 0.25) is 5.91 Å². The molecule has 6 nitrogen and oxygen atoms in total. The molecule has 0 bridgehead atoms. The second kappa shape index (κ2) is 10.7. The molecule has 8 heteroatoms. The fraction of sp³-hybridized carbons (Fsp3) is 0.346. The van der Waals surface area contributed by atoms with Gasteiger partial charge in [0.05, 0.1) is 22.5 Å². The highest BCUT2D eigenvalue weighted by atomic mass is 32.2. The van der Waals surface area contributed by atoms with E-state index in [0.717, 1.165) is 35.6 Å². The van der Waals surface area contributed by atoms with Crippen LogP contribution in [0.3, 0.4) is 0 Å². The molecule has 2 atom stereocenters. The standard InChI is InChI=1S/C26H30BNO5S/c29-26(28-25(27(30)31)16-20-9-6-10-20)23(15-19-7-2-1-3-8-19)18-34(32,33)24-14-13-21-11-4-5-12-22(21)17-24/h1-5,7-8,11-14,17,20,23,25,30-31H,6,9-10,15-16,18H2,(H,28,29)/t23-,25+/m1/s1. The van der Waals surface area contributed by atoms with E-state index in [9.17, 15) is 23.3 Å². The van der Waals surface area contributed by atoms with E-state index >= 15 is 0 Å². The largest absolute Gasteiger partial charge is 0.475 e. The monoisotopic (exact) mass is 479 g/mol. The predicted molar refractivity (Wildman–Crippen MR) is 134 cm³/mol. The van der Waals surface area contributed by atoms with Gasteiger partial charge in [0.25, 0.3) is 0 Å². The first-order valence-corrected chi connectivity index (χ1v) is 13.4. The Morgan fingerprint density at radius 2 is 1.65 bits per heavy atom. The molecule has 1 saturated carbocycles. The van der Waals surface area contributed by atoms with E-state index in [4.69, 9.17) is 0 Å². The molecule has 178 valence electrons. The van der Waals surface area contributed by atoms with Crippen molar-refractivity contribution < 1.29 is 23.3 Å². The number of carbonyl (C=O) groups is 1. The summed E-state index contributed by atoms with van der Waals surface area (Å²) in [6, 6.07) is 21.8. The first-order chi connectivity index (χ1) is 16.3. The molecule has 0 heterocycles. The van der Waals surface area contributed by atoms with Crippen molar-refractivity contribution in [2.24, 2.45) is 11.8 Å². The second-order valence-corrected chi connectivity index (χ2v) is 11.3. The van der Waals surface area contributed by atoms with Crippen LogP contribution in [0.15, 0.2) is 77.7 Å². The van der Waals surface area contributed by atoms with Crippen LogP contribution in [0.5, 0.6) is 0 Å². The Balaban J connectivity index is 1.57. The van der Waals surface area contributed by atoms with E-state index in [0.29, 0.717) is 12.3 Å². The molecule has 3 aromatic carbocycles. The molecule has 0 aromatic heterocycles. The van der Waals surface area contributed by atoms with Crippen molar-refractivity contribution >= 4 is 33.6 Å². The van der Waals surface area contributed by atoms with Gasteiger partial charge < -0.3 is 15.4 Å². The van der Waals surface area contributed by atoms with Gasteiger partial charge in [-0.1, -0.05) is 79.9 Å². The van der Waals surface area contributed by atoms with Crippen molar-refractivity contribution in [1.82, 2.24) is 5.32 Å². The Hall–Kier alpha value is -2.68. The number of rotatable bonds is 10. The Kier molecular flexibility index (Phi) is 7.71. The molecular weight excluding hydrogens is 449 g/mol. The average Bonchev–Trinajstić information content (AvgIpc) is 2.80. The van der Waals surface area contributed by atoms with E-state index < -0.39 is 34.7 Å². The molecule has 1 aliphatic rings. The molecule has 1 fully saturated rings. The zero-order chi connectivity index (χ0) is 24.1. The van der Waals surface area contributed by atoms with Crippen molar-refractivity contribution in [1.29, 1.82) is 0 Å². The summed E-state index contributed by atoms with van der Waals surface area (Å²) < 4.78 is 26.7. The lowest BCUT2D eigenvalue weighted by atomic mass is 9.69. The van der Waals surface area contributed by atoms with Crippen LogP contribution in [0, 0.1) is 11.8 Å². The second-order valence-electron chi connectivity index (χ2n) is 9.24. The van der Waals surface area contributed by atoms with Crippen LogP contribution in [0.4, 0.5) is 0 Å². The summed E-state index contributed by atoms with van der Waals surface area (Å²) in [5.74, 6) is -2.20. The Morgan fingerprint density at radius 1 is 0.971 bits per heavy atom. The molecule has 0 saturated heterocycles. The lowest BCUT2D eigenvalue weighted by Crippen LogP contribution is -2.50. The minimum atomic E-state index is -3.77. The maximum absolute atomic E-state index is 13.4. The molecule has 1 amide bonds. The van der Waals surface area contributed by atoms with E-state index in [1.54, 1.807) is 18.2 Å². The summed E-state index contributed by atoms with van der Waals surface area (Å²) >= 11 is 0. The van der Waals surface area contributed by atoms with E-state index in [-0.39, 0.29) is 17.1 Å². The van der Waals surface area contributed by atoms with Crippen molar-refractivity contribution in [2.45, 2.75) is 42.9 Å². The number of carbonyl (C=O) groups excluding carboxylic acids is 1. The lowest BCUT2D eigenvalue weighted by Gasteiger charge is -2.30. The number of benzene rings is 3. The summed E-state index contributed by atoms with van der Waals surface area (Å²) in [6.45, 7) is 0. The number of nitrogens with one attached hydrogen (secondary N) is 1. The molecular formula is C26H30BNO5S. The van der Waals surface area contributed by atoms with Gasteiger partial charge in [-0.2, -0.15) is 0 Å². The number of hydrogen-bond acceptors (Lipinski definition) is 5. The van der Waals surface area contributed by atoms with Crippen LogP contribution in [0.1, 0.15) is 31.2 Å². The van der Waals surface area contributed by atoms with Crippen molar-refractivity contribution in [3.05, 3.63) is 78.4 Å². The zero-order valence-electron chi connectivity index (χ0n) is 19.0. The Labute approximate surface area is 201 Å². The van der Waals surface area contributed by atoms with Crippen LogP contribution in [0.2, 0.25) is 0 Å². The number of hydrogen-bond donors (Lipinski definition) is 3. The topological polar surface area (TPSA) is 104 Å². The SMILES string of the molecule is O=C(N[C@@H](CC1CCC1)B(O)O)[C@H](Cc1ccccc1)CS(=O)(=O)c1ccc2ccccc2c1. The molecule has 0 radical (unpaired) electrons. The van der Waals surface area contributed by atoms with Crippen molar-refractivity contribution in [2.75, 3.05) is 5.75 Å². The Bertz CT molecular complexity index is 1230. The number of amides is 1. The van der Waals surface area contributed by atoms with Crippen LogP contribution in [0.25, 0.3) is 10.8 Å². The molecule has 0 spiro atoms. The molecule has 1 aliphatic carbocycles. The van der Waals surface area contributed by atoms with E-state index in [1.165, 1.54) is 0 Å². The van der Waals surface area contributed by atoms with E-state index in [1.807, 2.05) is 54.6 Å². The molecule has 3 aromatic rings. The lowest BCUT2D eigenvalue weighted by molar-refractivity contribution is -0.124. The van der Waals surface area contributed by atoms with Gasteiger partial charge in [-0.3, -0.25) is 4.79 Å². The number of fused-ring (bicyclic) bond motifs is 1. The summed E-state index contributed by atoms with van der Waals surface area (Å²) in [6.07, 6.45) is 3.81. The molecule has 34 heavy (non-hydrogen) atoms.